The van der Waals surface area contributed by atoms with Gasteiger partial charge in [-0.05, 0) is 30.3 Å². The van der Waals surface area contributed by atoms with Crippen molar-refractivity contribution in [3.63, 3.8) is 0 Å². The number of carbonyl (C=O) groups excluding carboxylic acids is 1. The fourth-order valence-electron chi connectivity index (χ4n) is 3.02. The van der Waals surface area contributed by atoms with Crippen LogP contribution >= 0.6 is 0 Å². The van der Waals surface area contributed by atoms with E-state index in [4.69, 9.17) is 4.74 Å². The number of rotatable bonds is 3. The molecule has 1 aliphatic rings. The summed E-state index contributed by atoms with van der Waals surface area (Å²) >= 11 is 0. The third kappa shape index (κ3) is 3.09. The van der Waals surface area contributed by atoms with Gasteiger partial charge in [-0.25, -0.2) is 4.98 Å². The van der Waals surface area contributed by atoms with Crippen LogP contribution < -0.4 is 14.5 Å². The Balaban J connectivity index is 1.61. The highest BCUT2D eigenvalue weighted by Crippen LogP contribution is 2.33. The number of carbonyl (C=O) groups is 1. The largest absolute Gasteiger partial charge is 0.437 e. The molecule has 0 bridgehead atoms. The number of ether oxygens (including phenoxy) is 1. The minimum atomic E-state index is -0.0462. The highest BCUT2D eigenvalue weighted by molar-refractivity contribution is 6.08. The summed E-state index contributed by atoms with van der Waals surface area (Å²) in [5.41, 5.74) is 2.55. The molecule has 0 saturated heterocycles. The van der Waals surface area contributed by atoms with Gasteiger partial charge in [-0.1, -0.05) is 18.2 Å². The molecule has 1 amide bonds. The summed E-state index contributed by atoms with van der Waals surface area (Å²) in [6, 6.07) is 15.1. The lowest BCUT2D eigenvalue weighted by Crippen LogP contribution is -2.42. The van der Waals surface area contributed by atoms with Crippen LogP contribution in [-0.4, -0.2) is 36.0 Å². The van der Waals surface area contributed by atoms with Crippen molar-refractivity contribution in [3.8, 4) is 11.6 Å². The lowest BCUT2D eigenvalue weighted by atomic mass is 10.1. The van der Waals surface area contributed by atoms with Crippen LogP contribution in [0.3, 0.4) is 0 Å². The zero-order valence-electron chi connectivity index (χ0n) is 14.4. The standard InChI is InChI=1S/C20H18N4O2/c1-23-11-12-24(18-8-3-2-7-17(18)23)20(25)15-5-4-6-16(13-15)26-19-14-21-9-10-22-19/h2-10,13-14H,11-12H2,1H3. The smallest absolute Gasteiger partial charge is 0.258 e. The third-order valence-corrected chi connectivity index (χ3v) is 4.33. The second kappa shape index (κ2) is 6.84. The van der Waals surface area contributed by atoms with Crippen molar-refractivity contribution in [1.29, 1.82) is 0 Å². The lowest BCUT2D eigenvalue weighted by molar-refractivity contribution is 0.0986. The predicted octanol–water partition coefficient (Wildman–Crippen LogP) is 3.37. The van der Waals surface area contributed by atoms with Crippen molar-refractivity contribution in [2.24, 2.45) is 0 Å². The Kier molecular flexibility index (Phi) is 4.23. The highest BCUT2D eigenvalue weighted by atomic mass is 16.5. The molecule has 2 aromatic carbocycles. The van der Waals surface area contributed by atoms with Gasteiger partial charge in [0.25, 0.3) is 5.91 Å². The molecule has 0 atom stereocenters. The molecule has 1 aliphatic heterocycles. The van der Waals surface area contributed by atoms with Crippen LogP contribution in [-0.2, 0) is 0 Å². The van der Waals surface area contributed by atoms with Crippen LogP contribution in [0.2, 0.25) is 0 Å². The molecule has 3 aromatic rings. The van der Waals surface area contributed by atoms with Crippen LogP contribution in [0.25, 0.3) is 0 Å². The zero-order valence-corrected chi connectivity index (χ0v) is 14.4. The van der Waals surface area contributed by atoms with Crippen molar-refractivity contribution in [2.45, 2.75) is 0 Å². The molecule has 2 heterocycles. The Morgan fingerprint density at radius 3 is 2.69 bits per heavy atom. The van der Waals surface area contributed by atoms with Gasteiger partial charge in [0.2, 0.25) is 5.88 Å². The van der Waals surface area contributed by atoms with E-state index in [-0.39, 0.29) is 5.91 Å². The SMILES string of the molecule is CN1CCN(C(=O)c2cccc(Oc3cnccn3)c2)c2ccccc21. The molecule has 130 valence electrons. The van der Waals surface area contributed by atoms with Crippen LogP contribution in [0.1, 0.15) is 10.4 Å². The minimum absolute atomic E-state index is 0.0462. The summed E-state index contributed by atoms with van der Waals surface area (Å²) < 4.78 is 5.69. The first-order chi connectivity index (χ1) is 12.7. The van der Waals surface area contributed by atoms with Gasteiger partial charge in [0.15, 0.2) is 0 Å². The van der Waals surface area contributed by atoms with E-state index in [1.165, 1.54) is 6.20 Å². The molecular weight excluding hydrogens is 328 g/mol. The molecule has 0 aliphatic carbocycles. The van der Waals surface area contributed by atoms with Crippen LogP contribution in [0.4, 0.5) is 11.4 Å². The molecule has 0 radical (unpaired) electrons. The summed E-state index contributed by atoms with van der Waals surface area (Å²) in [6.45, 7) is 1.43. The lowest BCUT2D eigenvalue weighted by Gasteiger charge is -2.35. The topological polar surface area (TPSA) is 58.6 Å². The number of hydrogen-bond donors (Lipinski definition) is 0. The average Bonchev–Trinajstić information content (AvgIpc) is 2.69. The average molecular weight is 346 g/mol. The maximum absolute atomic E-state index is 13.1. The maximum Gasteiger partial charge on any atom is 0.258 e. The first-order valence-electron chi connectivity index (χ1n) is 8.38. The van der Waals surface area contributed by atoms with Crippen LogP contribution in [0, 0.1) is 0 Å². The molecule has 1 aromatic heterocycles. The molecule has 0 spiro atoms. The second-order valence-corrected chi connectivity index (χ2v) is 6.04. The van der Waals surface area contributed by atoms with E-state index in [0.29, 0.717) is 23.7 Å². The van der Waals surface area contributed by atoms with E-state index in [0.717, 1.165) is 17.9 Å². The monoisotopic (exact) mass is 346 g/mol. The molecule has 0 fully saturated rings. The summed E-state index contributed by atoms with van der Waals surface area (Å²) in [6.07, 6.45) is 4.67. The van der Waals surface area contributed by atoms with E-state index >= 15 is 0 Å². The maximum atomic E-state index is 13.1. The van der Waals surface area contributed by atoms with E-state index in [2.05, 4.69) is 14.9 Å². The number of nitrogens with zero attached hydrogens (tertiary/aromatic N) is 4. The van der Waals surface area contributed by atoms with Crippen molar-refractivity contribution in [1.82, 2.24) is 9.97 Å². The van der Waals surface area contributed by atoms with Gasteiger partial charge in [-0.3, -0.25) is 9.78 Å². The fourth-order valence-corrected chi connectivity index (χ4v) is 3.02. The van der Waals surface area contributed by atoms with Crippen molar-refractivity contribution < 1.29 is 9.53 Å². The minimum Gasteiger partial charge on any atom is -0.437 e. The molecule has 26 heavy (non-hydrogen) atoms. The molecular formula is C20H18N4O2. The summed E-state index contributed by atoms with van der Waals surface area (Å²) in [7, 11) is 2.04. The summed E-state index contributed by atoms with van der Waals surface area (Å²) in [5.74, 6) is 0.899. The molecule has 0 N–H and O–H groups in total. The number of aromatic nitrogens is 2. The van der Waals surface area contributed by atoms with Crippen LogP contribution in [0.5, 0.6) is 11.6 Å². The molecule has 4 rings (SSSR count). The van der Waals surface area contributed by atoms with Gasteiger partial charge < -0.3 is 14.5 Å². The predicted molar refractivity (Wildman–Crippen MR) is 99.9 cm³/mol. The highest BCUT2D eigenvalue weighted by Gasteiger charge is 2.25. The van der Waals surface area contributed by atoms with E-state index in [9.17, 15) is 4.79 Å². The number of fused-ring (bicyclic) bond motifs is 1. The Hall–Kier alpha value is -3.41. The quantitative estimate of drug-likeness (QED) is 0.728. The van der Waals surface area contributed by atoms with E-state index in [1.54, 1.807) is 36.7 Å². The van der Waals surface area contributed by atoms with Gasteiger partial charge in [-0.15, -0.1) is 0 Å². The van der Waals surface area contributed by atoms with Gasteiger partial charge in [0, 0.05) is 38.1 Å². The number of benzene rings is 2. The van der Waals surface area contributed by atoms with E-state index in [1.807, 2.05) is 36.2 Å². The summed E-state index contributed by atoms with van der Waals surface area (Å²) in [5, 5.41) is 0. The number of hydrogen-bond acceptors (Lipinski definition) is 5. The Bertz CT molecular complexity index is 930. The fraction of sp³-hybridized carbons (Fsp3) is 0.150. The van der Waals surface area contributed by atoms with Gasteiger partial charge in [-0.2, -0.15) is 0 Å². The normalized spacial score (nSPS) is 13.3. The molecule has 0 saturated carbocycles. The molecule has 6 nitrogen and oxygen atoms in total. The number of amides is 1. The van der Waals surface area contributed by atoms with Crippen LogP contribution in [0.15, 0.2) is 67.1 Å². The van der Waals surface area contributed by atoms with Crippen molar-refractivity contribution in [3.05, 3.63) is 72.7 Å². The summed E-state index contributed by atoms with van der Waals surface area (Å²) in [4.78, 5) is 25.1. The number of likely N-dealkylation sites (N-methyl/N-ethyl adjacent to an activating group) is 1. The van der Waals surface area contributed by atoms with Crippen molar-refractivity contribution >= 4 is 17.3 Å². The van der Waals surface area contributed by atoms with Gasteiger partial charge >= 0.3 is 0 Å². The molecule has 6 heteroatoms. The van der Waals surface area contributed by atoms with E-state index < -0.39 is 0 Å². The Labute approximate surface area is 151 Å². The second-order valence-electron chi connectivity index (χ2n) is 6.04. The third-order valence-electron chi connectivity index (χ3n) is 4.33. The first-order valence-corrected chi connectivity index (χ1v) is 8.38. The number of anilines is 2. The Morgan fingerprint density at radius 2 is 1.88 bits per heavy atom. The number of para-hydroxylation sites is 2. The van der Waals surface area contributed by atoms with Gasteiger partial charge in [0.05, 0.1) is 17.6 Å². The molecule has 0 unspecified atom stereocenters. The first kappa shape index (κ1) is 16.1. The Morgan fingerprint density at radius 1 is 1.04 bits per heavy atom. The zero-order chi connectivity index (χ0) is 17.9. The van der Waals surface area contributed by atoms with Crippen molar-refractivity contribution in [2.75, 3.05) is 29.9 Å². The van der Waals surface area contributed by atoms with Gasteiger partial charge in [0.1, 0.15) is 5.75 Å².